The van der Waals surface area contributed by atoms with Gasteiger partial charge in [0.1, 0.15) is 11.0 Å². The number of nitrogens with one attached hydrogen (secondary N) is 1. The first-order valence-electron chi connectivity index (χ1n) is 5.29. The van der Waals surface area contributed by atoms with Crippen LogP contribution >= 0.6 is 11.6 Å². The third-order valence-electron chi connectivity index (χ3n) is 2.94. The van der Waals surface area contributed by atoms with Crippen molar-refractivity contribution in [1.29, 1.82) is 0 Å². The predicted molar refractivity (Wildman–Crippen MR) is 61.1 cm³/mol. The van der Waals surface area contributed by atoms with E-state index < -0.39 is 0 Å². The molecule has 1 aromatic heterocycles. The van der Waals surface area contributed by atoms with Crippen LogP contribution < -0.4 is 5.32 Å². The zero-order chi connectivity index (χ0) is 10.7. The normalized spacial score (nSPS) is 25.5. The Labute approximate surface area is 94.5 Å². The summed E-state index contributed by atoms with van der Waals surface area (Å²) in [5, 5.41) is 13.0. The van der Waals surface area contributed by atoms with Crippen molar-refractivity contribution >= 4 is 17.4 Å². The monoisotopic (exact) mass is 226 g/mol. The molecule has 1 aliphatic carbocycles. The van der Waals surface area contributed by atoms with Crippen LogP contribution in [0.2, 0.25) is 5.15 Å². The molecule has 1 saturated carbocycles. The topological polar surface area (TPSA) is 45.1 Å². The number of aliphatic hydroxyl groups is 1. The summed E-state index contributed by atoms with van der Waals surface area (Å²) < 4.78 is 0. The standard InChI is InChI=1S/C11H15ClN2O/c12-10-5-2-6-11(14-10)13-9-4-1-3-8(9)7-15/h2,5-6,8-9,15H,1,3-4,7H2,(H,13,14). The lowest BCUT2D eigenvalue weighted by atomic mass is 10.1. The van der Waals surface area contributed by atoms with Crippen molar-refractivity contribution in [2.24, 2.45) is 5.92 Å². The van der Waals surface area contributed by atoms with E-state index in [1.165, 1.54) is 6.42 Å². The number of hydrogen-bond acceptors (Lipinski definition) is 3. The summed E-state index contributed by atoms with van der Waals surface area (Å²) >= 11 is 5.80. The Morgan fingerprint density at radius 1 is 1.47 bits per heavy atom. The summed E-state index contributed by atoms with van der Waals surface area (Å²) in [4.78, 5) is 4.18. The van der Waals surface area contributed by atoms with Crippen LogP contribution in [0.4, 0.5) is 5.82 Å². The molecule has 2 N–H and O–H groups in total. The van der Waals surface area contributed by atoms with Gasteiger partial charge in [0.05, 0.1) is 0 Å². The minimum atomic E-state index is 0.248. The van der Waals surface area contributed by atoms with Crippen molar-refractivity contribution in [2.75, 3.05) is 11.9 Å². The SMILES string of the molecule is OCC1CCCC1Nc1cccc(Cl)n1. The summed E-state index contributed by atoms with van der Waals surface area (Å²) in [6, 6.07) is 5.87. The highest BCUT2D eigenvalue weighted by atomic mass is 35.5. The van der Waals surface area contributed by atoms with Crippen molar-refractivity contribution in [1.82, 2.24) is 4.98 Å². The van der Waals surface area contributed by atoms with Crippen molar-refractivity contribution in [3.63, 3.8) is 0 Å². The van der Waals surface area contributed by atoms with Crippen LogP contribution in [0.15, 0.2) is 18.2 Å². The lowest BCUT2D eigenvalue weighted by Gasteiger charge is -2.19. The number of hydrogen-bond donors (Lipinski definition) is 2. The number of aliphatic hydroxyl groups excluding tert-OH is 1. The second kappa shape index (κ2) is 4.81. The molecule has 1 fully saturated rings. The van der Waals surface area contributed by atoms with Crippen LogP contribution in [0.5, 0.6) is 0 Å². The number of pyridine rings is 1. The highest BCUT2D eigenvalue weighted by Crippen LogP contribution is 2.27. The van der Waals surface area contributed by atoms with Crippen LogP contribution in [0.3, 0.4) is 0 Å². The second-order valence-corrected chi connectivity index (χ2v) is 4.36. The first-order chi connectivity index (χ1) is 7.29. The van der Waals surface area contributed by atoms with Gasteiger partial charge in [0, 0.05) is 18.6 Å². The summed E-state index contributed by atoms with van der Waals surface area (Å²) in [5.41, 5.74) is 0. The van der Waals surface area contributed by atoms with Crippen LogP contribution in [0.1, 0.15) is 19.3 Å². The molecular weight excluding hydrogens is 212 g/mol. The molecule has 0 amide bonds. The number of anilines is 1. The van der Waals surface area contributed by atoms with E-state index in [0.717, 1.165) is 18.7 Å². The molecule has 0 radical (unpaired) electrons. The molecule has 0 spiro atoms. The van der Waals surface area contributed by atoms with Crippen molar-refractivity contribution in [3.8, 4) is 0 Å². The molecule has 2 atom stereocenters. The maximum Gasteiger partial charge on any atom is 0.131 e. The van der Waals surface area contributed by atoms with Crippen LogP contribution in [-0.4, -0.2) is 22.7 Å². The Morgan fingerprint density at radius 3 is 3.07 bits per heavy atom. The van der Waals surface area contributed by atoms with E-state index in [0.29, 0.717) is 17.1 Å². The lowest BCUT2D eigenvalue weighted by molar-refractivity contribution is 0.222. The Kier molecular flexibility index (Phi) is 3.44. The zero-order valence-corrected chi connectivity index (χ0v) is 9.24. The quantitative estimate of drug-likeness (QED) is 0.778. The molecule has 82 valence electrons. The van der Waals surface area contributed by atoms with Gasteiger partial charge in [-0.15, -0.1) is 0 Å². The molecule has 1 heterocycles. The molecule has 0 bridgehead atoms. The maximum absolute atomic E-state index is 9.18. The summed E-state index contributed by atoms with van der Waals surface area (Å²) in [7, 11) is 0. The van der Waals surface area contributed by atoms with Gasteiger partial charge in [0.2, 0.25) is 0 Å². The average Bonchev–Trinajstić information content (AvgIpc) is 2.65. The molecule has 2 unspecified atom stereocenters. The molecule has 4 heteroatoms. The first-order valence-corrected chi connectivity index (χ1v) is 5.67. The molecule has 1 aliphatic rings. The minimum absolute atomic E-state index is 0.248. The zero-order valence-electron chi connectivity index (χ0n) is 8.49. The Hall–Kier alpha value is -0.800. The Bertz CT molecular complexity index is 332. The summed E-state index contributed by atoms with van der Waals surface area (Å²) in [6.07, 6.45) is 3.36. The van der Waals surface area contributed by atoms with Gasteiger partial charge in [-0.1, -0.05) is 24.1 Å². The second-order valence-electron chi connectivity index (χ2n) is 3.97. The lowest BCUT2D eigenvalue weighted by Crippen LogP contribution is -2.26. The molecular formula is C11H15ClN2O. The van der Waals surface area contributed by atoms with E-state index in [1.807, 2.05) is 12.1 Å². The molecule has 0 aliphatic heterocycles. The highest BCUT2D eigenvalue weighted by Gasteiger charge is 2.26. The smallest absolute Gasteiger partial charge is 0.131 e. The van der Waals surface area contributed by atoms with E-state index >= 15 is 0 Å². The van der Waals surface area contributed by atoms with Gasteiger partial charge in [-0.05, 0) is 25.0 Å². The largest absolute Gasteiger partial charge is 0.396 e. The van der Waals surface area contributed by atoms with Crippen LogP contribution in [0, 0.1) is 5.92 Å². The number of nitrogens with zero attached hydrogens (tertiary/aromatic N) is 1. The van der Waals surface area contributed by atoms with Crippen molar-refractivity contribution in [3.05, 3.63) is 23.4 Å². The molecule has 0 saturated heterocycles. The maximum atomic E-state index is 9.18. The van der Waals surface area contributed by atoms with Gasteiger partial charge in [0.25, 0.3) is 0 Å². The predicted octanol–water partition coefficient (Wildman–Crippen LogP) is 2.31. The number of rotatable bonds is 3. The van der Waals surface area contributed by atoms with Gasteiger partial charge in [-0.25, -0.2) is 4.98 Å². The van der Waals surface area contributed by atoms with E-state index in [4.69, 9.17) is 11.6 Å². The molecule has 2 rings (SSSR count). The van der Waals surface area contributed by atoms with Gasteiger partial charge in [-0.3, -0.25) is 0 Å². The Morgan fingerprint density at radius 2 is 2.33 bits per heavy atom. The summed E-state index contributed by atoms with van der Waals surface area (Å²) in [5.74, 6) is 1.15. The fourth-order valence-corrected chi connectivity index (χ4v) is 2.29. The van der Waals surface area contributed by atoms with E-state index in [1.54, 1.807) is 6.07 Å². The van der Waals surface area contributed by atoms with Gasteiger partial charge >= 0.3 is 0 Å². The fourth-order valence-electron chi connectivity index (χ4n) is 2.12. The molecule has 15 heavy (non-hydrogen) atoms. The van der Waals surface area contributed by atoms with Gasteiger partial charge < -0.3 is 10.4 Å². The fraction of sp³-hybridized carbons (Fsp3) is 0.545. The molecule has 1 aromatic rings. The highest BCUT2D eigenvalue weighted by molar-refractivity contribution is 6.29. The Balaban J connectivity index is 2.02. The molecule has 0 aromatic carbocycles. The number of aromatic nitrogens is 1. The van der Waals surface area contributed by atoms with Crippen molar-refractivity contribution < 1.29 is 5.11 Å². The van der Waals surface area contributed by atoms with Crippen molar-refractivity contribution in [2.45, 2.75) is 25.3 Å². The average molecular weight is 227 g/mol. The van der Waals surface area contributed by atoms with E-state index in [9.17, 15) is 5.11 Å². The number of halogens is 1. The first kappa shape index (κ1) is 10.7. The van der Waals surface area contributed by atoms with Gasteiger partial charge in [-0.2, -0.15) is 0 Å². The third kappa shape index (κ3) is 2.61. The molecule has 3 nitrogen and oxygen atoms in total. The minimum Gasteiger partial charge on any atom is -0.396 e. The van der Waals surface area contributed by atoms with E-state index in [-0.39, 0.29) is 6.61 Å². The third-order valence-corrected chi connectivity index (χ3v) is 3.15. The summed E-state index contributed by atoms with van der Waals surface area (Å²) in [6.45, 7) is 0.248. The van der Waals surface area contributed by atoms with Crippen LogP contribution in [0.25, 0.3) is 0 Å². The van der Waals surface area contributed by atoms with Crippen LogP contribution in [-0.2, 0) is 0 Å². The van der Waals surface area contributed by atoms with E-state index in [2.05, 4.69) is 10.3 Å². The van der Waals surface area contributed by atoms with Gasteiger partial charge in [0.15, 0.2) is 0 Å².